The van der Waals surface area contributed by atoms with Crippen molar-refractivity contribution in [3.05, 3.63) is 21.8 Å². The summed E-state index contributed by atoms with van der Waals surface area (Å²) >= 11 is 2.88. The summed E-state index contributed by atoms with van der Waals surface area (Å²) < 4.78 is 7.22. The Kier molecular flexibility index (Phi) is 5.73. The van der Waals surface area contributed by atoms with E-state index in [4.69, 9.17) is 4.74 Å². The lowest BCUT2D eigenvalue weighted by Crippen LogP contribution is -2.17. The van der Waals surface area contributed by atoms with Crippen molar-refractivity contribution < 1.29 is 14.3 Å². The van der Waals surface area contributed by atoms with E-state index in [0.29, 0.717) is 23.1 Å². The molecule has 2 aromatic rings. The summed E-state index contributed by atoms with van der Waals surface area (Å²) in [4.78, 5) is 26.2. The summed E-state index contributed by atoms with van der Waals surface area (Å²) in [5.74, 6) is 1.25. The summed E-state index contributed by atoms with van der Waals surface area (Å²) in [7, 11) is 1.94. The minimum atomic E-state index is -0.341. The highest BCUT2D eigenvalue weighted by molar-refractivity contribution is 7.99. The van der Waals surface area contributed by atoms with Gasteiger partial charge in [-0.15, -0.1) is 21.5 Å². The van der Waals surface area contributed by atoms with Crippen molar-refractivity contribution in [2.75, 3.05) is 17.7 Å². The zero-order valence-electron chi connectivity index (χ0n) is 16.1. The number of amides is 1. The number of esters is 1. The molecule has 0 bridgehead atoms. The number of hydrogen-bond donors (Lipinski definition) is 1. The molecule has 1 fully saturated rings. The lowest BCUT2D eigenvalue weighted by molar-refractivity contribution is -0.113. The van der Waals surface area contributed by atoms with Gasteiger partial charge in [0.1, 0.15) is 10.8 Å². The van der Waals surface area contributed by atoms with Gasteiger partial charge in [0.25, 0.3) is 0 Å². The molecule has 1 amide bonds. The minimum absolute atomic E-state index is 0.148. The van der Waals surface area contributed by atoms with Crippen LogP contribution in [0.4, 0.5) is 5.00 Å². The number of rotatable bonds is 7. The number of aryl methyl sites for hydroxylation is 1. The second kappa shape index (κ2) is 8.24. The SMILES string of the molecule is CCOC(=O)c1c(NC(=O)CSc2nnc(C3CC3)n2C)sc2c1CCCC2. The molecule has 0 radical (unpaired) electrons. The average molecular weight is 421 g/mol. The van der Waals surface area contributed by atoms with Gasteiger partial charge in [-0.3, -0.25) is 4.79 Å². The highest BCUT2D eigenvalue weighted by Gasteiger charge is 2.30. The molecule has 4 rings (SSSR count). The van der Waals surface area contributed by atoms with E-state index in [1.54, 1.807) is 6.92 Å². The minimum Gasteiger partial charge on any atom is -0.462 e. The molecule has 0 saturated heterocycles. The monoisotopic (exact) mass is 420 g/mol. The topological polar surface area (TPSA) is 86.1 Å². The number of hydrogen-bond acceptors (Lipinski definition) is 7. The van der Waals surface area contributed by atoms with Gasteiger partial charge >= 0.3 is 5.97 Å². The second-order valence-electron chi connectivity index (χ2n) is 7.15. The van der Waals surface area contributed by atoms with Gasteiger partial charge in [0.2, 0.25) is 5.91 Å². The van der Waals surface area contributed by atoms with Crippen molar-refractivity contribution >= 4 is 40.0 Å². The molecular formula is C19H24N4O3S2. The fourth-order valence-electron chi connectivity index (χ4n) is 3.51. The normalized spacial score (nSPS) is 15.9. The van der Waals surface area contributed by atoms with Crippen LogP contribution in [-0.4, -0.2) is 39.0 Å². The van der Waals surface area contributed by atoms with E-state index >= 15 is 0 Å². The van der Waals surface area contributed by atoms with Crippen LogP contribution in [0.1, 0.15) is 65.1 Å². The summed E-state index contributed by atoms with van der Waals surface area (Å²) in [6, 6.07) is 0. The van der Waals surface area contributed by atoms with Crippen LogP contribution >= 0.6 is 23.1 Å². The van der Waals surface area contributed by atoms with Crippen molar-refractivity contribution in [2.45, 2.75) is 56.5 Å². The maximum absolute atomic E-state index is 12.6. The van der Waals surface area contributed by atoms with E-state index in [1.165, 1.54) is 28.0 Å². The Balaban J connectivity index is 1.45. The van der Waals surface area contributed by atoms with Gasteiger partial charge in [0.15, 0.2) is 5.16 Å². The van der Waals surface area contributed by atoms with E-state index in [-0.39, 0.29) is 17.6 Å². The second-order valence-corrected chi connectivity index (χ2v) is 9.19. The van der Waals surface area contributed by atoms with Crippen LogP contribution in [0.2, 0.25) is 0 Å². The van der Waals surface area contributed by atoms with E-state index in [1.807, 2.05) is 11.6 Å². The number of aromatic nitrogens is 3. The number of thioether (sulfide) groups is 1. The first-order chi connectivity index (χ1) is 13.6. The van der Waals surface area contributed by atoms with Crippen LogP contribution in [0.5, 0.6) is 0 Å². The third-order valence-corrected chi connectivity index (χ3v) is 7.27. The predicted molar refractivity (Wildman–Crippen MR) is 109 cm³/mol. The van der Waals surface area contributed by atoms with Gasteiger partial charge in [0.05, 0.1) is 17.9 Å². The molecule has 2 aliphatic rings. The molecule has 2 aromatic heterocycles. The number of thiophene rings is 1. The highest BCUT2D eigenvalue weighted by Crippen LogP contribution is 2.40. The molecule has 2 heterocycles. The third-order valence-electron chi connectivity index (χ3n) is 5.05. The summed E-state index contributed by atoms with van der Waals surface area (Å²) in [5.41, 5.74) is 1.61. The average Bonchev–Trinajstić information content (AvgIpc) is 3.35. The van der Waals surface area contributed by atoms with Gasteiger partial charge in [-0.05, 0) is 51.0 Å². The van der Waals surface area contributed by atoms with E-state index in [9.17, 15) is 9.59 Å². The van der Waals surface area contributed by atoms with Gasteiger partial charge < -0.3 is 14.6 Å². The van der Waals surface area contributed by atoms with Gasteiger partial charge in [-0.1, -0.05) is 11.8 Å². The molecule has 0 aromatic carbocycles. The smallest absolute Gasteiger partial charge is 0.341 e. The van der Waals surface area contributed by atoms with Crippen LogP contribution in [0.15, 0.2) is 5.16 Å². The van der Waals surface area contributed by atoms with Gasteiger partial charge in [0, 0.05) is 17.8 Å². The molecule has 0 spiro atoms. The Labute approximate surface area is 172 Å². The lowest BCUT2D eigenvalue weighted by atomic mass is 9.95. The Hall–Kier alpha value is -1.87. The van der Waals surface area contributed by atoms with Crippen molar-refractivity contribution in [3.8, 4) is 0 Å². The van der Waals surface area contributed by atoms with Crippen molar-refractivity contribution in [3.63, 3.8) is 0 Å². The number of nitrogens with zero attached hydrogens (tertiary/aromatic N) is 3. The first kappa shape index (κ1) is 19.4. The summed E-state index contributed by atoms with van der Waals surface area (Å²) in [5, 5.41) is 12.7. The number of anilines is 1. The van der Waals surface area contributed by atoms with Crippen molar-refractivity contribution in [2.24, 2.45) is 7.05 Å². The first-order valence-corrected chi connectivity index (χ1v) is 11.5. The first-order valence-electron chi connectivity index (χ1n) is 9.72. The molecule has 2 aliphatic carbocycles. The van der Waals surface area contributed by atoms with Gasteiger partial charge in [-0.2, -0.15) is 0 Å². The van der Waals surface area contributed by atoms with Crippen LogP contribution < -0.4 is 5.32 Å². The highest BCUT2D eigenvalue weighted by atomic mass is 32.2. The maximum atomic E-state index is 12.6. The molecule has 7 nitrogen and oxygen atoms in total. The molecule has 1 N–H and O–H groups in total. The third kappa shape index (κ3) is 3.96. The van der Waals surface area contributed by atoms with Gasteiger partial charge in [-0.25, -0.2) is 4.79 Å². The van der Waals surface area contributed by atoms with Crippen molar-refractivity contribution in [1.82, 2.24) is 14.8 Å². The number of carbonyl (C=O) groups is 2. The molecule has 0 unspecified atom stereocenters. The fraction of sp³-hybridized carbons (Fsp3) is 0.579. The number of carbonyl (C=O) groups excluding carboxylic acids is 2. The Morgan fingerprint density at radius 3 is 2.82 bits per heavy atom. The number of nitrogens with one attached hydrogen (secondary N) is 1. The lowest BCUT2D eigenvalue weighted by Gasteiger charge is -2.12. The Bertz CT molecular complexity index is 901. The molecule has 150 valence electrons. The summed E-state index contributed by atoms with van der Waals surface area (Å²) in [6.07, 6.45) is 6.34. The Morgan fingerprint density at radius 2 is 2.07 bits per heavy atom. The Morgan fingerprint density at radius 1 is 1.29 bits per heavy atom. The van der Waals surface area contributed by atoms with Crippen LogP contribution in [-0.2, 0) is 29.4 Å². The molecule has 28 heavy (non-hydrogen) atoms. The number of fused-ring (bicyclic) bond motifs is 1. The van der Waals surface area contributed by atoms with Crippen LogP contribution in [0, 0.1) is 0 Å². The molecular weight excluding hydrogens is 396 g/mol. The maximum Gasteiger partial charge on any atom is 0.341 e. The summed E-state index contributed by atoms with van der Waals surface area (Å²) in [6.45, 7) is 2.12. The molecule has 9 heteroatoms. The zero-order valence-corrected chi connectivity index (χ0v) is 17.8. The van der Waals surface area contributed by atoms with E-state index in [0.717, 1.165) is 55.1 Å². The predicted octanol–water partition coefficient (Wildman–Crippen LogP) is 3.54. The van der Waals surface area contributed by atoms with Crippen LogP contribution in [0.25, 0.3) is 0 Å². The zero-order chi connectivity index (χ0) is 19.7. The standard InChI is InChI=1S/C19H24N4O3S2/c1-3-26-18(25)15-12-6-4-5-7-13(12)28-17(15)20-14(24)10-27-19-22-21-16(23(19)2)11-8-9-11/h11H,3-10H2,1-2H3,(H,20,24). The molecule has 0 aliphatic heterocycles. The van der Waals surface area contributed by atoms with Crippen molar-refractivity contribution in [1.29, 1.82) is 0 Å². The quantitative estimate of drug-likeness (QED) is 0.545. The largest absolute Gasteiger partial charge is 0.462 e. The molecule has 0 atom stereocenters. The fourth-order valence-corrected chi connectivity index (χ4v) is 5.53. The van der Waals surface area contributed by atoms with E-state index in [2.05, 4.69) is 15.5 Å². The molecule has 1 saturated carbocycles. The van der Waals surface area contributed by atoms with Crippen LogP contribution in [0.3, 0.4) is 0 Å². The number of ether oxygens (including phenoxy) is 1. The van der Waals surface area contributed by atoms with E-state index < -0.39 is 0 Å².